The van der Waals surface area contributed by atoms with Crippen LogP contribution in [0.3, 0.4) is 0 Å². The summed E-state index contributed by atoms with van der Waals surface area (Å²) in [6.07, 6.45) is 4.27. The molecule has 2 saturated heterocycles. The number of hydrogen-bond donors (Lipinski definition) is 1. The van der Waals surface area contributed by atoms with Gasteiger partial charge in [-0.1, -0.05) is 0 Å². The quantitative estimate of drug-likeness (QED) is 0.817. The molecule has 2 rings (SSSR count). The summed E-state index contributed by atoms with van der Waals surface area (Å²) in [6, 6.07) is 1.19. The lowest BCUT2D eigenvalue weighted by atomic mass is 10.0. The van der Waals surface area contributed by atoms with Gasteiger partial charge in [0.1, 0.15) is 0 Å². The van der Waals surface area contributed by atoms with Crippen LogP contribution in [-0.4, -0.2) is 56.3 Å². The van der Waals surface area contributed by atoms with E-state index in [0.717, 1.165) is 12.8 Å². The topological polar surface area (TPSA) is 52.7 Å². The van der Waals surface area contributed by atoms with E-state index >= 15 is 0 Å². The van der Waals surface area contributed by atoms with Crippen molar-refractivity contribution in [3.8, 4) is 0 Å². The summed E-state index contributed by atoms with van der Waals surface area (Å²) < 4.78 is 26.8. The molecule has 2 aliphatic rings. The van der Waals surface area contributed by atoms with E-state index in [2.05, 4.69) is 5.32 Å². The number of hydrogen-bond acceptors (Lipinski definition) is 3. The molecule has 2 aliphatic heterocycles. The molecule has 2 bridgehead atoms. The van der Waals surface area contributed by atoms with Crippen molar-refractivity contribution >= 4 is 22.6 Å². The summed E-state index contributed by atoms with van der Waals surface area (Å²) in [5.74, 6) is 0. The Labute approximate surface area is 110 Å². The lowest BCUT2D eigenvalue weighted by Crippen LogP contribution is -2.51. The maximum absolute atomic E-state index is 12.0. The fourth-order valence-corrected chi connectivity index (χ4v) is 3.83. The minimum atomic E-state index is -3.26. The minimum absolute atomic E-state index is 0. The lowest BCUT2D eigenvalue weighted by molar-refractivity contribution is 0.243. The molecule has 2 heterocycles. The van der Waals surface area contributed by atoms with Gasteiger partial charge >= 0.3 is 0 Å². The first-order valence-corrected chi connectivity index (χ1v) is 7.22. The molecule has 17 heavy (non-hydrogen) atoms. The summed E-state index contributed by atoms with van der Waals surface area (Å²) in [5, 5.41) is 3.52. The molecule has 0 aromatic heterocycles. The molecule has 1 N–H and O–H groups in total. The largest absolute Gasteiger partial charge is 0.311 e. The lowest BCUT2D eigenvalue weighted by Gasteiger charge is -2.35. The molecule has 0 aliphatic carbocycles. The minimum Gasteiger partial charge on any atom is -0.311 e. The highest BCUT2D eigenvalue weighted by Crippen LogP contribution is 2.30. The molecule has 5 nitrogen and oxygen atoms in total. The SMILES string of the molecule is CN(C)S(=O)(=O)N(C)C1CC2CCC(C1)N2.Cl. The van der Waals surface area contributed by atoms with Gasteiger partial charge in [-0.15, -0.1) is 12.4 Å². The predicted molar refractivity (Wildman–Crippen MR) is 70.6 cm³/mol. The van der Waals surface area contributed by atoms with Crippen molar-refractivity contribution in [1.82, 2.24) is 13.9 Å². The Kier molecular flexibility index (Phi) is 4.82. The zero-order valence-electron chi connectivity index (χ0n) is 10.6. The molecular weight excluding hydrogens is 262 g/mol. The van der Waals surface area contributed by atoms with Gasteiger partial charge in [0.25, 0.3) is 10.2 Å². The molecule has 0 spiro atoms. The standard InChI is InChI=1S/C10H21N3O2S.ClH/c1-12(2)16(14,15)13(3)10-6-8-4-5-9(7-10)11-8;/h8-11H,4-7H2,1-3H3;1H. The highest BCUT2D eigenvalue weighted by Gasteiger charge is 2.38. The Bertz CT molecular complexity index is 349. The molecule has 0 amide bonds. The van der Waals surface area contributed by atoms with Gasteiger partial charge in [-0.05, 0) is 25.7 Å². The second-order valence-corrected chi connectivity index (χ2v) is 7.27. The Hall–Kier alpha value is 0.120. The Morgan fingerprint density at radius 1 is 1.06 bits per heavy atom. The Morgan fingerprint density at radius 3 is 1.94 bits per heavy atom. The Morgan fingerprint density at radius 2 is 1.53 bits per heavy atom. The van der Waals surface area contributed by atoms with Crippen LogP contribution in [0.2, 0.25) is 0 Å². The fourth-order valence-electron chi connectivity index (χ4n) is 2.77. The van der Waals surface area contributed by atoms with Gasteiger partial charge in [0.15, 0.2) is 0 Å². The third-order valence-electron chi connectivity index (χ3n) is 3.79. The number of rotatable bonds is 3. The van der Waals surface area contributed by atoms with Gasteiger partial charge in [0.05, 0.1) is 0 Å². The maximum atomic E-state index is 12.0. The molecule has 2 unspecified atom stereocenters. The van der Waals surface area contributed by atoms with Crippen LogP contribution in [0.4, 0.5) is 0 Å². The Balaban J connectivity index is 0.00000144. The van der Waals surface area contributed by atoms with Crippen molar-refractivity contribution in [2.45, 2.75) is 43.8 Å². The zero-order valence-corrected chi connectivity index (χ0v) is 12.2. The molecule has 2 atom stereocenters. The summed E-state index contributed by atoms with van der Waals surface area (Å²) in [6.45, 7) is 0. The molecular formula is C10H22ClN3O2S. The number of halogens is 1. The molecule has 0 aromatic rings. The van der Waals surface area contributed by atoms with Gasteiger partial charge < -0.3 is 5.32 Å². The van der Waals surface area contributed by atoms with Crippen LogP contribution in [0.1, 0.15) is 25.7 Å². The summed E-state index contributed by atoms with van der Waals surface area (Å²) >= 11 is 0. The first-order valence-electron chi connectivity index (χ1n) is 5.83. The monoisotopic (exact) mass is 283 g/mol. The van der Waals surface area contributed by atoms with E-state index in [0.29, 0.717) is 12.1 Å². The van der Waals surface area contributed by atoms with Crippen molar-refractivity contribution in [1.29, 1.82) is 0 Å². The highest BCUT2D eigenvalue weighted by atomic mass is 35.5. The van der Waals surface area contributed by atoms with Crippen molar-refractivity contribution in [3.63, 3.8) is 0 Å². The van der Waals surface area contributed by atoms with Gasteiger partial charge in [-0.25, -0.2) is 0 Å². The van der Waals surface area contributed by atoms with Crippen LogP contribution in [0, 0.1) is 0 Å². The molecule has 0 radical (unpaired) electrons. The van der Waals surface area contributed by atoms with Gasteiger partial charge in [0.2, 0.25) is 0 Å². The van der Waals surface area contributed by atoms with E-state index in [1.165, 1.54) is 17.1 Å². The number of nitrogens with zero attached hydrogens (tertiary/aromatic N) is 2. The third kappa shape index (κ3) is 2.93. The van der Waals surface area contributed by atoms with Crippen molar-refractivity contribution in [3.05, 3.63) is 0 Å². The van der Waals surface area contributed by atoms with E-state index < -0.39 is 10.2 Å². The van der Waals surface area contributed by atoms with Gasteiger partial charge in [-0.3, -0.25) is 0 Å². The van der Waals surface area contributed by atoms with Crippen molar-refractivity contribution < 1.29 is 8.42 Å². The summed E-state index contributed by atoms with van der Waals surface area (Å²) in [7, 11) is 1.61. The molecule has 0 saturated carbocycles. The van der Waals surface area contributed by atoms with Crippen LogP contribution in [0.25, 0.3) is 0 Å². The maximum Gasteiger partial charge on any atom is 0.281 e. The zero-order chi connectivity index (χ0) is 11.9. The van der Waals surface area contributed by atoms with Crippen molar-refractivity contribution in [2.24, 2.45) is 0 Å². The van der Waals surface area contributed by atoms with Gasteiger partial charge in [-0.2, -0.15) is 17.0 Å². The first-order chi connectivity index (χ1) is 7.41. The van der Waals surface area contributed by atoms with E-state index in [1.54, 1.807) is 25.4 Å². The highest BCUT2D eigenvalue weighted by molar-refractivity contribution is 7.86. The van der Waals surface area contributed by atoms with E-state index in [1.807, 2.05) is 0 Å². The van der Waals surface area contributed by atoms with E-state index in [-0.39, 0.29) is 18.4 Å². The average molecular weight is 284 g/mol. The second-order valence-electron chi connectivity index (χ2n) is 5.07. The summed E-state index contributed by atoms with van der Waals surface area (Å²) in [4.78, 5) is 0. The summed E-state index contributed by atoms with van der Waals surface area (Å²) in [5.41, 5.74) is 0. The van der Waals surface area contributed by atoms with Crippen LogP contribution < -0.4 is 5.32 Å². The molecule has 0 aromatic carbocycles. The van der Waals surface area contributed by atoms with Crippen LogP contribution in [0.15, 0.2) is 0 Å². The third-order valence-corrected chi connectivity index (χ3v) is 5.74. The van der Waals surface area contributed by atoms with E-state index in [4.69, 9.17) is 0 Å². The first kappa shape index (κ1) is 15.2. The molecule has 7 heteroatoms. The van der Waals surface area contributed by atoms with Crippen LogP contribution in [-0.2, 0) is 10.2 Å². The average Bonchev–Trinajstić information content (AvgIpc) is 2.56. The predicted octanol–water partition coefficient (Wildman–Crippen LogP) is 0.429. The number of nitrogens with one attached hydrogen (secondary N) is 1. The van der Waals surface area contributed by atoms with Gasteiger partial charge in [0, 0.05) is 39.3 Å². The second kappa shape index (κ2) is 5.40. The number of piperidine rings is 1. The normalized spacial score (nSPS) is 32.9. The van der Waals surface area contributed by atoms with Crippen LogP contribution in [0.5, 0.6) is 0 Å². The fraction of sp³-hybridized carbons (Fsp3) is 1.00. The van der Waals surface area contributed by atoms with Crippen LogP contribution >= 0.6 is 12.4 Å². The molecule has 2 fully saturated rings. The molecule has 102 valence electrons. The smallest absolute Gasteiger partial charge is 0.281 e. The van der Waals surface area contributed by atoms with Crippen molar-refractivity contribution in [2.75, 3.05) is 21.1 Å². The van der Waals surface area contributed by atoms with E-state index in [9.17, 15) is 8.42 Å². The number of fused-ring (bicyclic) bond motifs is 2.